The second-order valence-corrected chi connectivity index (χ2v) is 6.14. The van der Waals surface area contributed by atoms with Crippen molar-refractivity contribution in [3.05, 3.63) is 41.6 Å². The first-order chi connectivity index (χ1) is 13.4. The van der Waals surface area contributed by atoms with E-state index in [1.807, 2.05) is 30.3 Å². The number of carbonyl (C=O) groups excluding carboxylic acids is 2. The van der Waals surface area contributed by atoms with Crippen LogP contribution < -0.4 is 14.8 Å². The molecule has 2 heterocycles. The van der Waals surface area contributed by atoms with Crippen LogP contribution in [0.4, 0.5) is 5.69 Å². The standard InChI is InChI=1S/C19H20N4O5/c1-11(24)20-17-19(28-12(2)25,10-13-8-6-5-7-9-13)15-14(21-17)16(26-3)23-18(22-15)27-4/h5-9H,10H2,1-4H3,(H,20,21,24). The quantitative estimate of drug-likeness (QED) is 0.781. The summed E-state index contributed by atoms with van der Waals surface area (Å²) >= 11 is 0. The molecule has 1 aromatic carbocycles. The van der Waals surface area contributed by atoms with Crippen molar-refractivity contribution in [3.63, 3.8) is 0 Å². The fraction of sp³-hybridized carbons (Fsp3) is 0.316. The minimum Gasteiger partial charge on any atom is -0.479 e. The predicted octanol–water partition coefficient (Wildman–Crippen LogP) is 1.67. The number of hydrogen-bond donors (Lipinski definition) is 1. The van der Waals surface area contributed by atoms with E-state index < -0.39 is 11.6 Å². The van der Waals surface area contributed by atoms with Crippen LogP contribution in [0.25, 0.3) is 0 Å². The van der Waals surface area contributed by atoms with Crippen molar-refractivity contribution in [1.82, 2.24) is 15.3 Å². The molecular weight excluding hydrogens is 364 g/mol. The molecule has 1 aliphatic rings. The monoisotopic (exact) mass is 384 g/mol. The molecule has 0 aliphatic carbocycles. The molecule has 9 nitrogen and oxygen atoms in total. The normalized spacial score (nSPS) is 17.4. The van der Waals surface area contributed by atoms with Gasteiger partial charge in [0.2, 0.25) is 17.4 Å². The van der Waals surface area contributed by atoms with Crippen molar-refractivity contribution in [2.45, 2.75) is 25.9 Å². The maximum atomic E-state index is 12.0. The molecule has 1 aliphatic heterocycles. The number of aromatic nitrogens is 2. The largest absolute Gasteiger partial charge is 0.479 e. The van der Waals surface area contributed by atoms with Crippen molar-refractivity contribution in [2.75, 3.05) is 14.2 Å². The van der Waals surface area contributed by atoms with E-state index in [1.165, 1.54) is 28.1 Å². The van der Waals surface area contributed by atoms with Gasteiger partial charge in [0.1, 0.15) is 5.69 Å². The summed E-state index contributed by atoms with van der Waals surface area (Å²) in [7, 11) is 2.84. The van der Waals surface area contributed by atoms with Gasteiger partial charge in [0.05, 0.1) is 14.2 Å². The second-order valence-electron chi connectivity index (χ2n) is 6.14. The zero-order chi connectivity index (χ0) is 20.3. The van der Waals surface area contributed by atoms with E-state index in [0.717, 1.165) is 5.56 Å². The van der Waals surface area contributed by atoms with Gasteiger partial charge >= 0.3 is 12.0 Å². The van der Waals surface area contributed by atoms with Crippen LogP contribution in [-0.4, -0.2) is 41.9 Å². The van der Waals surface area contributed by atoms with Crippen LogP contribution in [0, 0.1) is 0 Å². The van der Waals surface area contributed by atoms with E-state index in [0.29, 0.717) is 0 Å². The third kappa shape index (κ3) is 3.51. The SMILES string of the molecule is COc1nc(OC)c2c(n1)C(Cc1ccccc1)(OC(C)=O)C(NC(C)=O)=N2. The molecule has 0 fully saturated rings. The number of carbonyl (C=O) groups is 2. The van der Waals surface area contributed by atoms with Crippen molar-refractivity contribution < 1.29 is 23.8 Å². The lowest BCUT2D eigenvalue weighted by Gasteiger charge is -2.30. The third-order valence-electron chi connectivity index (χ3n) is 4.10. The lowest BCUT2D eigenvalue weighted by Crippen LogP contribution is -2.48. The molecule has 1 unspecified atom stereocenters. The molecule has 146 valence electrons. The average molecular weight is 384 g/mol. The summed E-state index contributed by atoms with van der Waals surface area (Å²) in [6, 6.07) is 9.39. The van der Waals surface area contributed by atoms with Crippen molar-refractivity contribution in [1.29, 1.82) is 0 Å². The predicted molar refractivity (Wildman–Crippen MR) is 99.6 cm³/mol. The molecule has 28 heavy (non-hydrogen) atoms. The number of amides is 1. The molecule has 2 aromatic rings. The molecule has 1 amide bonds. The van der Waals surface area contributed by atoms with E-state index >= 15 is 0 Å². The van der Waals surface area contributed by atoms with Gasteiger partial charge in [-0.2, -0.15) is 9.97 Å². The Morgan fingerprint density at radius 3 is 2.36 bits per heavy atom. The van der Waals surface area contributed by atoms with Gasteiger partial charge in [-0.15, -0.1) is 0 Å². The Balaban J connectivity index is 2.26. The van der Waals surface area contributed by atoms with Crippen LogP contribution >= 0.6 is 0 Å². The molecule has 1 atom stereocenters. The second kappa shape index (κ2) is 7.63. The number of methoxy groups -OCH3 is 2. The smallest absolute Gasteiger partial charge is 0.319 e. The van der Waals surface area contributed by atoms with Crippen molar-refractivity contribution >= 4 is 23.4 Å². The summed E-state index contributed by atoms with van der Waals surface area (Å²) in [5.74, 6) is -0.643. The molecule has 0 radical (unpaired) electrons. The van der Waals surface area contributed by atoms with Gasteiger partial charge < -0.3 is 19.5 Å². The summed E-state index contributed by atoms with van der Waals surface area (Å²) in [6.45, 7) is 2.63. The summed E-state index contributed by atoms with van der Waals surface area (Å²) in [5.41, 5.74) is -0.0630. The summed E-state index contributed by atoms with van der Waals surface area (Å²) < 4.78 is 16.2. The number of aliphatic imine (C=N–C) groups is 1. The molecule has 9 heteroatoms. The number of esters is 1. The van der Waals surface area contributed by atoms with Crippen LogP contribution in [0.5, 0.6) is 11.9 Å². The van der Waals surface area contributed by atoms with Crippen molar-refractivity contribution in [3.8, 4) is 11.9 Å². The number of hydrogen-bond acceptors (Lipinski definition) is 8. The Bertz CT molecular complexity index is 945. The summed E-state index contributed by atoms with van der Waals surface area (Å²) in [6.07, 6.45) is 0.197. The number of amidine groups is 1. The first-order valence-electron chi connectivity index (χ1n) is 8.50. The number of rotatable bonds is 5. The van der Waals surface area contributed by atoms with Crippen LogP contribution in [0.3, 0.4) is 0 Å². The topological polar surface area (TPSA) is 112 Å². The lowest BCUT2D eigenvalue weighted by molar-refractivity contribution is -0.152. The highest BCUT2D eigenvalue weighted by atomic mass is 16.6. The number of benzene rings is 1. The Hall–Kier alpha value is -3.49. The fourth-order valence-electron chi connectivity index (χ4n) is 3.07. The van der Waals surface area contributed by atoms with Crippen LogP contribution in [0.1, 0.15) is 25.1 Å². The minimum atomic E-state index is -1.46. The molecule has 0 saturated carbocycles. The first-order valence-corrected chi connectivity index (χ1v) is 8.50. The van der Waals surface area contributed by atoms with Gasteiger partial charge in [-0.05, 0) is 5.56 Å². The first kappa shape index (κ1) is 19.3. The Kier molecular flexibility index (Phi) is 5.25. The molecule has 1 aromatic heterocycles. The number of fused-ring (bicyclic) bond motifs is 1. The van der Waals surface area contributed by atoms with Gasteiger partial charge in [0.25, 0.3) is 0 Å². The van der Waals surface area contributed by atoms with Crippen LogP contribution in [-0.2, 0) is 26.3 Å². The minimum absolute atomic E-state index is 0.0273. The zero-order valence-corrected chi connectivity index (χ0v) is 16.0. The maximum Gasteiger partial charge on any atom is 0.319 e. The highest BCUT2D eigenvalue weighted by Crippen LogP contribution is 2.46. The Morgan fingerprint density at radius 1 is 1.07 bits per heavy atom. The van der Waals surface area contributed by atoms with Crippen LogP contribution in [0.15, 0.2) is 35.3 Å². The van der Waals surface area contributed by atoms with Gasteiger partial charge in [-0.1, -0.05) is 30.3 Å². The number of ether oxygens (including phenoxy) is 3. The summed E-state index contributed by atoms with van der Waals surface area (Å²) in [5, 5.41) is 2.66. The highest BCUT2D eigenvalue weighted by molar-refractivity contribution is 6.07. The van der Waals surface area contributed by atoms with E-state index in [9.17, 15) is 9.59 Å². The van der Waals surface area contributed by atoms with E-state index in [4.69, 9.17) is 14.2 Å². The Morgan fingerprint density at radius 2 is 1.79 bits per heavy atom. The van der Waals surface area contributed by atoms with Gasteiger partial charge in [-0.3, -0.25) is 9.59 Å². The van der Waals surface area contributed by atoms with E-state index in [1.54, 1.807) is 0 Å². The third-order valence-corrected chi connectivity index (χ3v) is 4.10. The average Bonchev–Trinajstić information content (AvgIpc) is 2.93. The van der Waals surface area contributed by atoms with Crippen LogP contribution in [0.2, 0.25) is 0 Å². The van der Waals surface area contributed by atoms with Gasteiger partial charge in [0, 0.05) is 20.3 Å². The molecule has 0 spiro atoms. The Labute approximate surface area is 161 Å². The molecule has 3 rings (SSSR count). The number of nitrogens with one attached hydrogen (secondary N) is 1. The maximum absolute atomic E-state index is 12.0. The fourth-order valence-corrected chi connectivity index (χ4v) is 3.07. The zero-order valence-electron chi connectivity index (χ0n) is 16.0. The van der Waals surface area contributed by atoms with E-state index in [-0.39, 0.29) is 41.4 Å². The molecule has 0 bridgehead atoms. The molecule has 1 N–H and O–H groups in total. The molecular formula is C19H20N4O5. The number of nitrogens with zero attached hydrogens (tertiary/aromatic N) is 3. The molecule has 0 saturated heterocycles. The highest BCUT2D eigenvalue weighted by Gasteiger charge is 2.51. The van der Waals surface area contributed by atoms with E-state index in [2.05, 4.69) is 20.3 Å². The lowest BCUT2D eigenvalue weighted by atomic mass is 9.90. The van der Waals surface area contributed by atoms with Gasteiger partial charge in [-0.25, -0.2) is 4.99 Å². The van der Waals surface area contributed by atoms with Gasteiger partial charge in [0.15, 0.2) is 11.5 Å². The van der Waals surface area contributed by atoms with Crippen molar-refractivity contribution in [2.24, 2.45) is 4.99 Å². The summed E-state index contributed by atoms with van der Waals surface area (Å²) in [4.78, 5) is 36.8.